The molecule has 97 heavy (non-hydrogen) atoms. The van der Waals surface area contributed by atoms with Gasteiger partial charge in [0, 0.05) is 134 Å². The van der Waals surface area contributed by atoms with E-state index in [1.807, 2.05) is 48.5 Å². The van der Waals surface area contributed by atoms with Gasteiger partial charge in [-0.1, -0.05) is 108 Å². The highest BCUT2D eigenvalue weighted by Crippen LogP contribution is 2.45. The molecule has 0 aromatic heterocycles. The quantitative estimate of drug-likeness (QED) is 0.00957. The summed E-state index contributed by atoms with van der Waals surface area (Å²) in [5.74, 6) is 26.3. The van der Waals surface area contributed by atoms with Crippen LogP contribution in [0.15, 0.2) is 201 Å². The smallest absolute Gasteiger partial charge is 0.232 e. The molecule has 23 nitrogen and oxygen atoms in total. The number of carbonyl (C=O) groups excluding carboxylic acids is 1. The summed E-state index contributed by atoms with van der Waals surface area (Å²) in [6.45, 7) is 7.12. The number of anilines is 2. The second-order valence-electron chi connectivity index (χ2n) is 21.9. The minimum absolute atomic E-state index is 0. The number of carbonyl (C=O) groups is 1. The van der Waals surface area contributed by atoms with Crippen molar-refractivity contribution < 1.29 is 68.8 Å². The fourth-order valence-electron chi connectivity index (χ4n) is 11.0. The van der Waals surface area contributed by atoms with Crippen LogP contribution in [0.5, 0.6) is 17.2 Å². The Morgan fingerprint density at radius 2 is 1.19 bits per heavy atom. The van der Waals surface area contributed by atoms with Crippen LogP contribution in [-0.2, 0) is 29.6 Å². The zero-order chi connectivity index (χ0) is 67.9. The fourth-order valence-corrected chi connectivity index (χ4v) is 12.8. The van der Waals surface area contributed by atoms with Crippen molar-refractivity contribution in [2.75, 3.05) is 50.1 Å². The number of fused-ring (bicyclic) bond motifs is 6. The van der Waals surface area contributed by atoms with Gasteiger partial charge in [-0.05, 0) is 83.9 Å². The molecule has 0 atom stereocenters. The molecular formula is C71H72N8O15S3-2. The molecule has 0 saturated heterocycles. The molecular weight excluding hydrogens is 1300 g/mol. The summed E-state index contributed by atoms with van der Waals surface area (Å²) in [5.41, 5.74) is 7.65. The maximum Gasteiger partial charge on any atom is 0.232 e. The van der Waals surface area contributed by atoms with E-state index in [1.54, 1.807) is 135 Å². The number of carboxylic acid groups (broad SMARTS) is 1. The molecule has 0 unspecified atom stereocenters. The molecule has 3 heterocycles. The van der Waals surface area contributed by atoms with Crippen molar-refractivity contribution in [2.45, 2.75) is 50.8 Å². The van der Waals surface area contributed by atoms with Gasteiger partial charge < -0.3 is 52.6 Å². The number of hydrazine groups is 4. The first-order valence-electron chi connectivity index (χ1n) is 29.4. The molecule has 8 N–H and O–H groups in total. The molecule has 0 fully saturated rings. The second-order valence-corrected chi connectivity index (χ2v) is 25.3. The summed E-state index contributed by atoms with van der Waals surface area (Å²) in [6, 6.07) is 51.6. The molecule has 7 aromatic carbocycles. The van der Waals surface area contributed by atoms with E-state index in [9.17, 15) is 41.1 Å². The van der Waals surface area contributed by atoms with Crippen molar-refractivity contribution >= 4 is 83.7 Å². The lowest BCUT2D eigenvalue weighted by atomic mass is 9.89. The Morgan fingerprint density at radius 3 is 1.74 bits per heavy atom. The largest absolute Gasteiger partial charge is 0.744 e. The minimum Gasteiger partial charge on any atom is -0.744 e. The first-order valence-corrected chi connectivity index (χ1v) is 33.1. The number of nitrogens with two attached hydrogens (primary N) is 4. The summed E-state index contributed by atoms with van der Waals surface area (Å²) < 4.78 is 103. The van der Waals surface area contributed by atoms with Gasteiger partial charge in [0.15, 0.2) is 13.6 Å². The van der Waals surface area contributed by atoms with E-state index in [-0.39, 0.29) is 35.8 Å². The number of carboxylic acids is 1. The predicted molar refractivity (Wildman–Crippen MR) is 371 cm³/mol. The SMILES string of the molecule is C.C.C=c1ccc2c(c1)Oc1cc(OC)ccc1C=2c1ccccc1C(=O)[O-].CCCCN(N)c1ccc2c(-c3ccccc3S(=O)(=O)[O-])c3ccc(=[N+](N)CCCSOO[O-])cc-3oc2c1.CN(N)c1ccc2c(-c3ccccc3S(=O)(=O)[O-])c3ccc(=[N+](C)N)cc-3oc2c1. The van der Waals surface area contributed by atoms with Gasteiger partial charge in [0.05, 0.1) is 46.4 Å². The first kappa shape index (κ1) is 72.7. The van der Waals surface area contributed by atoms with E-state index in [0.717, 1.165) is 52.1 Å². The van der Waals surface area contributed by atoms with Crippen LogP contribution in [-0.4, -0.2) is 72.0 Å². The van der Waals surface area contributed by atoms with E-state index in [1.165, 1.54) is 38.6 Å². The number of unbranched alkanes of at least 4 members (excludes halogenated alkanes) is 1. The van der Waals surface area contributed by atoms with Gasteiger partial charge in [0.2, 0.25) is 10.7 Å². The Bertz CT molecular complexity index is 5180. The Kier molecular flexibility index (Phi) is 23.4. The highest BCUT2D eigenvalue weighted by atomic mass is 32.2. The van der Waals surface area contributed by atoms with Gasteiger partial charge in [-0.2, -0.15) is 4.33 Å². The lowest BCUT2D eigenvalue weighted by molar-refractivity contribution is -0.777. The zero-order valence-electron chi connectivity index (χ0n) is 51.7. The summed E-state index contributed by atoms with van der Waals surface area (Å²) in [5, 5.41) is 32.2. The van der Waals surface area contributed by atoms with Crippen molar-refractivity contribution in [1.29, 1.82) is 0 Å². The topological polar surface area (TPSA) is 357 Å². The van der Waals surface area contributed by atoms with E-state index < -0.39 is 26.2 Å². The molecule has 3 aliphatic heterocycles. The number of hydrogen-bond acceptors (Lipinski definition) is 22. The zero-order valence-corrected chi connectivity index (χ0v) is 54.2. The second kappa shape index (κ2) is 31.2. The van der Waals surface area contributed by atoms with Crippen LogP contribution in [0.1, 0.15) is 62.5 Å². The van der Waals surface area contributed by atoms with Crippen molar-refractivity contribution in [3.8, 4) is 62.1 Å². The van der Waals surface area contributed by atoms with E-state index in [2.05, 4.69) is 22.9 Å². The molecule has 0 radical (unpaired) electrons. The van der Waals surface area contributed by atoms with Crippen LogP contribution in [0.3, 0.4) is 0 Å². The van der Waals surface area contributed by atoms with Crippen molar-refractivity contribution in [2.24, 2.45) is 23.4 Å². The highest BCUT2D eigenvalue weighted by molar-refractivity contribution is 7.94. The van der Waals surface area contributed by atoms with Crippen LogP contribution in [0, 0.1) is 0 Å². The van der Waals surface area contributed by atoms with Gasteiger partial charge in [-0.25, -0.2) is 40.2 Å². The summed E-state index contributed by atoms with van der Waals surface area (Å²) in [4.78, 5) is 11.0. The van der Waals surface area contributed by atoms with Gasteiger partial charge in [0.25, 0.3) is 0 Å². The Labute approximate surface area is 565 Å². The normalized spacial score (nSPS) is 12.3. The lowest BCUT2D eigenvalue weighted by Gasteiger charge is -2.23. The van der Waals surface area contributed by atoms with Crippen LogP contribution < -0.4 is 83.7 Å². The molecule has 26 heteroatoms. The van der Waals surface area contributed by atoms with Gasteiger partial charge in [0.1, 0.15) is 60.2 Å². The molecule has 5 aliphatic rings. The van der Waals surface area contributed by atoms with Crippen LogP contribution in [0.4, 0.5) is 11.4 Å². The van der Waals surface area contributed by atoms with Crippen molar-refractivity contribution in [1.82, 2.24) is 9.37 Å². The third-order valence-electron chi connectivity index (χ3n) is 15.6. The fraction of sp³-hybridized carbons (Fsp3) is 0.169. The standard InChI is InChI=1S/C26H30N4O7S2.C22H16O4.C21H20N4O4S.2CH4/c1-2-3-13-29(27)18-9-11-20-23(16-18)35-24-17-19(30(28)14-6-15-38-37-36-31)10-12-21(24)26(20)22-7-4-5-8-25(22)39(32,33)34;1-13-7-9-17-19(11-13)26-20-12-14(25-2)8-10-18(20)21(17)15-5-3-4-6-16(15)22(23)24;1-24(22)13-7-9-15-18(11-13)29-19-12-14(25(2)23)8-10-16(19)21(15)17-5-3-4-6-20(17)30(26,27)28;;/h4-5,7-12,16-17H,2-3,6,13-15,27-28H2,1H3,(H-,31,32,33,34);3-12H,1H2,2H3,(H,23,24);3-12H,22-23H2,1-2H3;2*1H4/p-2. The van der Waals surface area contributed by atoms with Gasteiger partial charge >= 0.3 is 0 Å². The Morgan fingerprint density at radius 1 is 0.639 bits per heavy atom. The Hall–Kier alpha value is -10.1. The van der Waals surface area contributed by atoms with Crippen molar-refractivity contribution in [3.63, 3.8) is 0 Å². The van der Waals surface area contributed by atoms with Gasteiger partial charge in [-0.15, -0.1) is 9.37 Å². The lowest BCUT2D eigenvalue weighted by Crippen LogP contribution is -2.37. The predicted octanol–water partition coefficient (Wildman–Crippen LogP) is 7.29. The van der Waals surface area contributed by atoms with Crippen LogP contribution >= 0.6 is 12.0 Å². The molecule has 0 spiro atoms. The third kappa shape index (κ3) is 16.1. The third-order valence-corrected chi connectivity index (χ3v) is 18.0. The molecule has 0 bridgehead atoms. The van der Waals surface area contributed by atoms with Crippen LogP contribution in [0.2, 0.25) is 0 Å². The van der Waals surface area contributed by atoms with E-state index >= 15 is 0 Å². The number of methoxy groups -OCH3 is 1. The number of hydrogen-bond donors (Lipinski definition) is 4. The Balaban J connectivity index is 0.000000188. The first-order chi connectivity index (χ1) is 45.5. The molecule has 2 aliphatic carbocycles. The average molecular weight is 1370 g/mol. The summed E-state index contributed by atoms with van der Waals surface area (Å²) >= 11 is 0.881. The monoisotopic (exact) mass is 1370 g/mol. The van der Waals surface area contributed by atoms with E-state index in [0.29, 0.717) is 126 Å². The summed E-state index contributed by atoms with van der Waals surface area (Å²) in [7, 11) is -4.48. The molecule has 0 saturated carbocycles. The molecule has 0 amide bonds. The molecule has 7 aromatic rings. The highest BCUT2D eigenvalue weighted by Gasteiger charge is 2.26. The molecule has 12 rings (SSSR count). The number of benzene rings is 9. The minimum atomic E-state index is -4.77. The molecule has 506 valence electrons. The van der Waals surface area contributed by atoms with Crippen LogP contribution in [0.25, 0.3) is 79.0 Å². The maximum atomic E-state index is 12.2. The number of nitrogens with zero attached hydrogens (tertiary/aromatic N) is 4. The maximum absolute atomic E-state index is 12.2. The average Bonchev–Trinajstić information content (AvgIpc) is 0.760. The van der Waals surface area contributed by atoms with Gasteiger partial charge in [-0.3, -0.25) is 5.04 Å². The van der Waals surface area contributed by atoms with Crippen molar-refractivity contribution in [3.05, 3.63) is 220 Å². The van der Waals surface area contributed by atoms with E-state index in [4.69, 9.17) is 41.7 Å². The number of aromatic carboxylic acids is 1. The number of rotatable bonds is 18. The summed E-state index contributed by atoms with van der Waals surface area (Å²) in [6.07, 6.45) is 2.50. The number of ether oxygens (including phenoxy) is 2.